The Morgan fingerprint density at radius 1 is 1.31 bits per heavy atom. The van der Waals surface area contributed by atoms with Gasteiger partial charge < -0.3 is 14.9 Å². The van der Waals surface area contributed by atoms with Gasteiger partial charge >= 0.3 is 0 Å². The van der Waals surface area contributed by atoms with Gasteiger partial charge in [0.1, 0.15) is 0 Å². The first-order chi connectivity index (χ1) is 7.79. The number of likely N-dealkylation sites (N-methyl/N-ethyl adjacent to an activating group) is 1. The Morgan fingerprint density at radius 3 is 2.62 bits per heavy atom. The number of thioether (sulfide) groups is 1. The lowest BCUT2D eigenvalue weighted by molar-refractivity contribution is 0.0935. The van der Waals surface area contributed by atoms with Gasteiger partial charge in [-0.15, -0.1) is 0 Å². The van der Waals surface area contributed by atoms with E-state index in [-0.39, 0.29) is 0 Å². The zero-order valence-corrected chi connectivity index (χ0v) is 11.1. The number of aliphatic hydroxyl groups excluding tert-OH is 1. The fraction of sp³-hybridized carbons (Fsp3) is 1.00. The van der Waals surface area contributed by atoms with Gasteiger partial charge in [0, 0.05) is 39.3 Å². The summed E-state index contributed by atoms with van der Waals surface area (Å²) < 4.78 is 0. The van der Waals surface area contributed by atoms with E-state index in [1.165, 1.54) is 44.1 Å². The molecule has 0 aliphatic carbocycles. The van der Waals surface area contributed by atoms with Crippen LogP contribution in [-0.4, -0.2) is 72.8 Å². The number of rotatable bonds is 4. The van der Waals surface area contributed by atoms with Gasteiger partial charge in [-0.1, -0.05) is 0 Å². The van der Waals surface area contributed by atoms with Crippen LogP contribution in [0, 0.1) is 11.8 Å². The van der Waals surface area contributed by atoms with Crippen LogP contribution in [0.1, 0.15) is 6.42 Å². The molecule has 0 aromatic rings. The van der Waals surface area contributed by atoms with Crippen molar-refractivity contribution < 1.29 is 5.11 Å². The second-order valence-corrected chi connectivity index (χ2v) is 6.32. The zero-order chi connectivity index (χ0) is 11.4. The minimum atomic E-state index is 0.373. The van der Waals surface area contributed by atoms with Gasteiger partial charge in [-0.25, -0.2) is 0 Å². The third kappa shape index (κ3) is 3.36. The lowest BCUT2D eigenvalue weighted by Gasteiger charge is -2.35. The Hall–Kier alpha value is 0.230. The van der Waals surface area contributed by atoms with E-state index in [0.717, 1.165) is 12.5 Å². The second-order valence-electron chi connectivity index (χ2n) is 5.17. The summed E-state index contributed by atoms with van der Waals surface area (Å²) in [5.74, 6) is 3.83. The molecule has 0 saturated carbocycles. The molecule has 94 valence electrons. The third-order valence-corrected chi connectivity index (χ3v) is 5.14. The van der Waals surface area contributed by atoms with Gasteiger partial charge in [-0.2, -0.15) is 11.8 Å². The average molecular weight is 244 g/mol. The van der Waals surface area contributed by atoms with Crippen LogP contribution in [-0.2, 0) is 0 Å². The van der Waals surface area contributed by atoms with E-state index in [1.807, 2.05) is 0 Å². The van der Waals surface area contributed by atoms with Gasteiger partial charge in [-0.3, -0.25) is 0 Å². The number of hydrogen-bond acceptors (Lipinski definition) is 4. The molecule has 2 fully saturated rings. The van der Waals surface area contributed by atoms with Gasteiger partial charge in [0.25, 0.3) is 0 Å². The molecule has 0 radical (unpaired) electrons. The minimum absolute atomic E-state index is 0.373. The molecule has 2 rings (SSSR count). The molecule has 0 aromatic carbocycles. The van der Waals surface area contributed by atoms with Crippen LogP contribution in [0.5, 0.6) is 0 Å². The van der Waals surface area contributed by atoms with Crippen LogP contribution in [0.15, 0.2) is 0 Å². The van der Waals surface area contributed by atoms with Crippen LogP contribution >= 0.6 is 11.8 Å². The lowest BCUT2D eigenvalue weighted by atomic mass is 9.92. The van der Waals surface area contributed by atoms with E-state index in [4.69, 9.17) is 0 Å². The highest BCUT2D eigenvalue weighted by atomic mass is 32.2. The lowest BCUT2D eigenvalue weighted by Crippen LogP contribution is -2.47. The molecular weight excluding hydrogens is 220 g/mol. The third-order valence-electron chi connectivity index (χ3n) is 3.95. The van der Waals surface area contributed by atoms with E-state index in [0.29, 0.717) is 12.5 Å². The molecule has 0 spiro atoms. The highest BCUT2D eigenvalue weighted by molar-refractivity contribution is 7.99. The molecule has 2 aliphatic heterocycles. The maximum Gasteiger partial charge on any atom is 0.0474 e. The Labute approximate surface area is 103 Å². The highest BCUT2D eigenvalue weighted by Gasteiger charge is 2.27. The second kappa shape index (κ2) is 6.24. The van der Waals surface area contributed by atoms with Crippen LogP contribution in [0.4, 0.5) is 0 Å². The Bertz CT molecular complexity index is 201. The van der Waals surface area contributed by atoms with Crippen LogP contribution in [0.25, 0.3) is 0 Å². The van der Waals surface area contributed by atoms with Crippen molar-refractivity contribution in [2.75, 3.05) is 57.9 Å². The van der Waals surface area contributed by atoms with Crippen LogP contribution in [0.3, 0.4) is 0 Å². The number of hydrogen-bond donors (Lipinski definition) is 1. The van der Waals surface area contributed by atoms with E-state index >= 15 is 0 Å². The molecule has 2 saturated heterocycles. The van der Waals surface area contributed by atoms with Gasteiger partial charge in [-0.05, 0) is 36.8 Å². The average Bonchev–Trinajstić information content (AvgIpc) is 2.82. The van der Waals surface area contributed by atoms with Gasteiger partial charge in [0.2, 0.25) is 0 Å². The first-order valence-electron chi connectivity index (χ1n) is 6.39. The van der Waals surface area contributed by atoms with Crippen LogP contribution < -0.4 is 0 Å². The number of nitrogens with zero attached hydrogens (tertiary/aromatic N) is 2. The molecule has 1 N–H and O–H groups in total. The van der Waals surface area contributed by atoms with Crippen molar-refractivity contribution in [3.63, 3.8) is 0 Å². The standard InChI is InChI=1S/C12H24N2OS/c1-13-3-5-14(6-4-13)8-12(9-15)11-2-7-16-10-11/h11-12,15H,2-10H2,1H3. The smallest absolute Gasteiger partial charge is 0.0474 e. The van der Waals surface area contributed by atoms with E-state index in [9.17, 15) is 5.11 Å². The van der Waals surface area contributed by atoms with E-state index < -0.39 is 0 Å². The molecule has 2 unspecified atom stereocenters. The van der Waals surface area contributed by atoms with Crippen molar-refractivity contribution in [1.82, 2.24) is 9.80 Å². The van der Waals surface area contributed by atoms with Crippen molar-refractivity contribution in [2.45, 2.75) is 6.42 Å². The van der Waals surface area contributed by atoms with Crippen molar-refractivity contribution in [1.29, 1.82) is 0 Å². The quantitative estimate of drug-likeness (QED) is 0.783. The molecule has 2 aliphatic rings. The summed E-state index contributed by atoms with van der Waals surface area (Å²) in [6.45, 7) is 6.18. The summed E-state index contributed by atoms with van der Waals surface area (Å²) >= 11 is 2.05. The van der Waals surface area contributed by atoms with E-state index in [2.05, 4.69) is 28.6 Å². The maximum atomic E-state index is 9.52. The molecule has 0 bridgehead atoms. The van der Waals surface area contributed by atoms with Crippen molar-refractivity contribution in [3.05, 3.63) is 0 Å². The largest absolute Gasteiger partial charge is 0.396 e. The predicted octanol–water partition coefficient (Wildman–Crippen LogP) is 0.595. The summed E-state index contributed by atoms with van der Waals surface area (Å²) in [7, 11) is 2.19. The summed E-state index contributed by atoms with van der Waals surface area (Å²) in [4.78, 5) is 4.92. The number of piperazine rings is 1. The molecule has 4 heteroatoms. The van der Waals surface area contributed by atoms with Crippen molar-refractivity contribution >= 4 is 11.8 Å². The first kappa shape index (κ1) is 12.7. The first-order valence-corrected chi connectivity index (χ1v) is 7.54. The normalized spacial score (nSPS) is 30.8. The van der Waals surface area contributed by atoms with E-state index in [1.54, 1.807) is 0 Å². The molecule has 3 nitrogen and oxygen atoms in total. The summed E-state index contributed by atoms with van der Waals surface area (Å²) in [5.41, 5.74) is 0. The van der Waals surface area contributed by atoms with Gasteiger partial charge in [0.15, 0.2) is 0 Å². The SMILES string of the molecule is CN1CCN(CC(CO)C2CCSC2)CC1. The van der Waals surface area contributed by atoms with Crippen molar-refractivity contribution in [2.24, 2.45) is 11.8 Å². The fourth-order valence-corrected chi connectivity index (χ4v) is 4.02. The highest BCUT2D eigenvalue weighted by Crippen LogP contribution is 2.30. The van der Waals surface area contributed by atoms with Crippen LogP contribution in [0.2, 0.25) is 0 Å². The Kier molecular flexibility index (Phi) is 4.95. The predicted molar refractivity (Wildman–Crippen MR) is 69.9 cm³/mol. The molecule has 2 atom stereocenters. The maximum absolute atomic E-state index is 9.52. The summed E-state index contributed by atoms with van der Waals surface area (Å²) in [6, 6.07) is 0. The molecule has 0 aromatic heterocycles. The molecular formula is C12H24N2OS. The minimum Gasteiger partial charge on any atom is -0.396 e. The van der Waals surface area contributed by atoms with Gasteiger partial charge in [0.05, 0.1) is 0 Å². The topological polar surface area (TPSA) is 26.7 Å². The molecule has 0 amide bonds. The Balaban J connectivity index is 1.77. The van der Waals surface area contributed by atoms with Crippen molar-refractivity contribution in [3.8, 4) is 0 Å². The monoisotopic (exact) mass is 244 g/mol. The zero-order valence-electron chi connectivity index (χ0n) is 10.3. The molecule has 2 heterocycles. The Morgan fingerprint density at radius 2 is 2.06 bits per heavy atom. The number of aliphatic hydroxyl groups is 1. The summed E-state index contributed by atoms with van der Waals surface area (Å²) in [5, 5.41) is 9.52. The fourth-order valence-electron chi connectivity index (χ4n) is 2.64. The summed E-state index contributed by atoms with van der Waals surface area (Å²) in [6.07, 6.45) is 1.31. The molecule has 16 heavy (non-hydrogen) atoms.